The SMILES string of the molecule is CCCCCCC1=C(c2cc(CCCC)c(CCCC)c(CCCC)c2)[N+](=[N-])C(c2cc(CCCC)c(CCCC)c(CCCC)c2)=C1.CCC[O][Ni][O]CCC. The molecule has 0 spiro atoms. The second-order valence-corrected chi connectivity index (χ2v) is 17.1. The van der Waals surface area contributed by atoms with E-state index in [1.807, 2.05) is 0 Å². The van der Waals surface area contributed by atoms with E-state index in [1.165, 1.54) is 155 Å². The second kappa shape index (κ2) is 31.8. The average molecular weight is 830 g/mol. The summed E-state index contributed by atoms with van der Waals surface area (Å²) in [4.78, 5) is 0. The van der Waals surface area contributed by atoms with Crippen molar-refractivity contribution in [3.05, 3.63) is 86.0 Å². The van der Waals surface area contributed by atoms with Crippen LogP contribution in [0, 0.1) is 0 Å². The van der Waals surface area contributed by atoms with Gasteiger partial charge in [-0.05, 0) is 148 Å². The van der Waals surface area contributed by atoms with E-state index in [-0.39, 0.29) is 0 Å². The molecule has 0 unspecified atom stereocenters. The molecule has 1 aliphatic heterocycles. The van der Waals surface area contributed by atoms with E-state index in [0.29, 0.717) is 0 Å². The number of allylic oxidation sites excluding steroid dienone is 2. The van der Waals surface area contributed by atoms with Crippen molar-refractivity contribution in [1.82, 2.24) is 0 Å². The molecule has 2 aromatic carbocycles. The first-order chi connectivity index (χ1) is 27.9. The van der Waals surface area contributed by atoms with Crippen molar-refractivity contribution in [3.63, 3.8) is 0 Å². The Morgan fingerprint density at radius 2 is 0.825 bits per heavy atom. The summed E-state index contributed by atoms with van der Waals surface area (Å²) in [6, 6.07) is 9.86. The zero-order valence-corrected chi connectivity index (χ0v) is 39.5. The van der Waals surface area contributed by atoms with Gasteiger partial charge in [0.25, 0.3) is 0 Å². The van der Waals surface area contributed by atoms with Crippen molar-refractivity contribution in [1.29, 1.82) is 0 Å². The van der Waals surface area contributed by atoms with Gasteiger partial charge in [-0.3, -0.25) is 0 Å². The van der Waals surface area contributed by atoms with Crippen molar-refractivity contribution in [2.75, 3.05) is 13.2 Å². The Labute approximate surface area is 359 Å². The van der Waals surface area contributed by atoms with Crippen LogP contribution in [-0.2, 0) is 61.4 Å². The number of hydrogen-bond donors (Lipinski definition) is 0. The Morgan fingerprint density at radius 1 is 0.439 bits per heavy atom. The molecule has 0 amide bonds. The summed E-state index contributed by atoms with van der Waals surface area (Å²) in [5.41, 5.74) is 27.4. The standard InChI is InChI=1S/C46H72N2.2C3H7O.Ni/c1-8-15-22-23-28-40-35-45(41-31-36(24-16-9-2)43(29-20-13-6)37(32-41)25-17-10-3)48(47)46(40)42-33-38(26-18-11-4)44(30-21-14-7)39(34-42)27-19-12-5;2*1-2-3-4;/h31-35H,8-30H2,1-7H3;2*2-3H2,1H3;/q;2*-1;+2. The van der Waals surface area contributed by atoms with Gasteiger partial charge < -0.3 is 5.53 Å². The number of unbranched alkanes of at least 4 members (excludes halogenated alkanes) is 9. The predicted octanol–water partition coefficient (Wildman–Crippen LogP) is 16.3. The Kier molecular flexibility index (Phi) is 28.5. The zero-order valence-electron chi connectivity index (χ0n) is 38.5. The summed E-state index contributed by atoms with van der Waals surface area (Å²) < 4.78 is 11.6. The molecule has 3 rings (SSSR count). The molecule has 1 aliphatic rings. The molecule has 0 aliphatic carbocycles. The van der Waals surface area contributed by atoms with Gasteiger partial charge in [-0.1, -0.05) is 106 Å². The summed E-state index contributed by atoms with van der Waals surface area (Å²) in [5.74, 6) is 0. The molecule has 0 bridgehead atoms. The van der Waals surface area contributed by atoms with Crippen molar-refractivity contribution in [2.45, 2.75) is 223 Å². The normalized spacial score (nSPS) is 12.8. The molecule has 0 saturated carbocycles. The molecule has 1 heterocycles. The van der Waals surface area contributed by atoms with Crippen LogP contribution < -0.4 is 0 Å². The van der Waals surface area contributed by atoms with Crippen LogP contribution in [0.3, 0.4) is 0 Å². The molecule has 2 aromatic rings. The fourth-order valence-corrected chi connectivity index (χ4v) is 8.45. The maximum atomic E-state index is 12.3. The fraction of sp³-hybridized carbons (Fsp3) is 0.692. The molecule has 0 radical (unpaired) electrons. The van der Waals surface area contributed by atoms with Crippen LogP contribution in [0.15, 0.2) is 35.9 Å². The van der Waals surface area contributed by atoms with E-state index in [1.54, 1.807) is 15.8 Å². The van der Waals surface area contributed by atoms with Gasteiger partial charge in [-0.15, -0.1) is 0 Å². The topological polar surface area (TPSA) is 43.8 Å². The molecule has 0 N–H and O–H groups in total. The van der Waals surface area contributed by atoms with Crippen LogP contribution in [0.4, 0.5) is 0 Å². The number of aryl methyl sites for hydroxylation is 4. The molecule has 4 nitrogen and oxygen atoms in total. The zero-order chi connectivity index (χ0) is 41.7. The van der Waals surface area contributed by atoms with E-state index in [0.717, 1.165) is 84.6 Å². The van der Waals surface area contributed by atoms with Crippen LogP contribution in [0.1, 0.15) is 229 Å². The third kappa shape index (κ3) is 18.0. The van der Waals surface area contributed by atoms with Gasteiger partial charge in [0.2, 0.25) is 11.4 Å². The van der Waals surface area contributed by atoms with E-state index in [4.69, 9.17) is 7.76 Å². The first kappa shape index (κ1) is 51.1. The van der Waals surface area contributed by atoms with Crippen LogP contribution in [-0.4, -0.2) is 17.9 Å². The monoisotopic (exact) mass is 829 g/mol. The minimum absolute atomic E-state index is 0.781. The van der Waals surface area contributed by atoms with Crippen molar-refractivity contribution < 1.29 is 27.5 Å². The van der Waals surface area contributed by atoms with Crippen molar-refractivity contribution >= 4 is 11.4 Å². The summed E-state index contributed by atoms with van der Waals surface area (Å²) in [5, 5.41) is 0. The molecule has 0 saturated heterocycles. The van der Waals surface area contributed by atoms with E-state index in [2.05, 4.69) is 92.7 Å². The first-order valence-electron chi connectivity index (χ1n) is 24.0. The van der Waals surface area contributed by atoms with Crippen LogP contribution >= 0.6 is 0 Å². The third-order valence-electron chi connectivity index (χ3n) is 11.2. The Bertz CT molecular complexity index is 1410. The molecule has 0 atom stereocenters. The molecule has 326 valence electrons. The van der Waals surface area contributed by atoms with Crippen LogP contribution in [0.5, 0.6) is 0 Å². The van der Waals surface area contributed by atoms with E-state index in [9.17, 15) is 5.53 Å². The molecule has 57 heavy (non-hydrogen) atoms. The first-order valence-corrected chi connectivity index (χ1v) is 24.8. The summed E-state index contributed by atoms with van der Waals surface area (Å²) in [6.07, 6.45) is 31.9. The Balaban J connectivity index is 0.00000111. The summed E-state index contributed by atoms with van der Waals surface area (Å²) >= 11 is 0.942. The fourth-order valence-electron chi connectivity index (χ4n) is 7.80. The van der Waals surface area contributed by atoms with Crippen LogP contribution in [0.25, 0.3) is 16.9 Å². The van der Waals surface area contributed by atoms with Gasteiger partial charge in [0.1, 0.15) is 0 Å². The average Bonchev–Trinajstić information content (AvgIpc) is 3.56. The van der Waals surface area contributed by atoms with Crippen molar-refractivity contribution in [2.24, 2.45) is 0 Å². The predicted molar refractivity (Wildman–Crippen MR) is 244 cm³/mol. The third-order valence-corrected chi connectivity index (χ3v) is 11.8. The minimum atomic E-state index is 0.781. The number of hydrogen-bond acceptors (Lipinski definition) is 2. The number of nitrogens with zero attached hydrogens (tertiary/aromatic N) is 2. The molecule has 0 fully saturated rings. The maximum absolute atomic E-state index is 12.3. The van der Waals surface area contributed by atoms with Crippen molar-refractivity contribution in [3.8, 4) is 0 Å². The second-order valence-electron chi connectivity index (χ2n) is 16.3. The molecule has 0 aromatic heterocycles. The van der Waals surface area contributed by atoms with Gasteiger partial charge in [0.15, 0.2) is 0 Å². The van der Waals surface area contributed by atoms with Gasteiger partial charge in [-0.2, -0.15) is 0 Å². The van der Waals surface area contributed by atoms with Gasteiger partial charge >= 0.3 is 62.7 Å². The number of rotatable bonds is 31. The van der Waals surface area contributed by atoms with E-state index >= 15 is 0 Å². The van der Waals surface area contributed by atoms with Gasteiger partial charge in [0, 0.05) is 22.8 Å². The number of benzene rings is 2. The van der Waals surface area contributed by atoms with E-state index < -0.39 is 0 Å². The Morgan fingerprint density at radius 3 is 1.21 bits per heavy atom. The van der Waals surface area contributed by atoms with Gasteiger partial charge in [0.05, 0.1) is 0 Å². The van der Waals surface area contributed by atoms with Gasteiger partial charge in [-0.25, -0.2) is 4.70 Å². The van der Waals surface area contributed by atoms with Crippen LogP contribution in [0.2, 0.25) is 0 Å². The summed E-state index contributed by atoms with van der Waals surface area (Å²) in [6.45, 7) is 21.9. The molecular formula is C52H86N2NiO2. The summed E-state index contributed by atoms with van der Waals surface area (Å²) in [7, 11) is 0. The Hall–Kier alpha value is -2.07. The molecular weight excluding hydrogens is 743 g/mol. The molecule has 5 heteroatoms. The quantitative estimate of drug-likeness (QED) is 0.0432.